The number of hydrogen-bond donors (Lipinski definition) is 0. The molecule has 0 atom stereocenters. The summed E-state index contributed by atoms with van der Waals surface area (Å²) >= 11 is 0. The Kier molecular flexibility index (Phi) is 7.47. The van der Waals surface area contributed by atoms with Gasteiger partial charge in [0, 0.05) is 0 Å². The van der Waals surface area contributed by atoms with Gasteiger partial charge < -0.3 is 0 Å². The van der Waals surface area contributed by atoms with Crippen LogP contribution in [0.4, 0.5) is 0 Å². The minimum absolute atomic E-state index is 0.970. The molecule has 0 nitrogen and oxygen atoms in total. The molecule has 0 unspecified atom stereocenters. The largest absolute Gasteiger partial charge is 0.0985 e. The standard InChI is InChI=1S/C36H32/c1-7-16-25(8-2)27-21-23-28(24-22-27)35-30(11-5)31(12-6)36(34-19-14-13-18-33(34)35)32-20-15-17-26(9-3)29(32)10-4/h8-24H,2-7H2,1H3/b25-16+. The van der Waals surface area contributed by atoms with Gasteiger partial charge in [0.15, 0.2) is 0 Å². The van der Waals surface area contributed by atoms with Crippen molar-refractivity contribution in [3.63, 3.8) is 0 Å². The molecule has 0 amide bonds. The zero-order valence-corrected chi connectivity index (χ0v) is 21.1. The first-order chi connectivity index (χ1) is 17.6. The Morgan fingerprint density at radius 2 is 1.25 bits per heavy atom. The monoisotopic (exact) mass is 464 g/mol. The third-order valence-electron chi connectivity index (χ3n) is 6.69. The molecule has 0 saturated carbocycles. The molecule has 36 heavy (non-hydrogen) atoms. The number of rotatable bonds is 9. The second-order valence-corrected chi connectivity index (χ2v) is 8.60. The zero-order chi connectivity index (χ0) is 25.7. The fraction of sp³-hybridized carbons (Fsp3) is 0.0556. The summed E-state index contributed by atoms with van der Waals surface area (Å²) in [6.07, 6.45) is 12.8. The van der Waals surface area contributed by atoms with Crippen LogP contribution in [0.2, 0.25) is 0 Å². The molecule has 0 heterocycles. The maximum absolute atomic E-state index is 4.22. The van der Waals surface area contributed by atoms with Gasteiger partial charge in [0.2, 0.25) is 0 Å². The highest BCUT2D eigenvalue weighted by molar-refractivity contribution is 6.12. The highest BCUT2D eigenvalue weighted by atomic mass is 14.2. The highest BCUT2D eigenvalue weighted by Gasteiger charge is 2.20. The molecule has 0 aliphatic carbocycles. The Hall–Kier alpha value is -4.42. The van der Waals surface area contributed by atoms with Crippen LogP contribution < -0.4 is 0 Å². The molecule has 0 aromatic heterocycles. The van der Waals surface area contributed by atoms with E-state index in [0.717, 1.165) is 62.1 Å². The van der Waals surface area contributed by atoms with E-state index in [-0.39, 0.29) is 0 Å². The summed E-state index contributed by atoms with van der Waals surface area (Å²) in [5.41, 5.74) is 11.1. The number of fused-ring (bicyclic) bond motifs is 1. The second-order valence-electron chi connectivity index (χ2n) is 8.60. The Labute approximate surface area is 215 Å². The predicted octanol–water partition coefficient (Wildman–Crippen LogP) is 10.7. The minimum Gasteiger partial charge on any atom is -0.0985 e. The van der Waals surface area contributed by atoms with E-state index in [1.807, 2.05) is 30.4 Å². The van der Waals surface area contributed by atoms with Gasteiger partial charge in [0.05, 0.1) is 0 Å². The molecule has 0 bridgehead atoms. The van der Waals surface area contributed by atoms with E-state index >= 15 is 0 Å². The van der Waals surface area contributed by atoms with Crippen molar-refractivity contribution in [2.75, 3.05) is 0 Å². The molecule has 0 aliphatic heterocycles. The third-order valence-corrected chi connectivity index (χ3v) is 6.69. The SMILES string of the molecule is C=C/C(=C\CC)c1ccc(-c2c(C=C)c(C=C)c(-c3cccc(C=C)c3C=C)c3ccccc23)cc1. The molecule has 0 fully saturated rings. The van der Waals surface area contributed by atoms with E-state index < -0.39 is 0 Å². The number of allylic oxidation sites excluding steroid dienone is 3. The molecule has 176 valence electrons. The summed E-state index contributed by atoms with van der Waals surface area (Å²) in [5, 5.41) is 2.34. The van der Waals surface area contributed by atoms with Crippen LogP contribution in [0.3, 0.4) is 0 Å². The van der Waals surface area contributed by atoms with Crippen molar-refractivity contribution in [1.82, 2.24) is 0 Å². The average molecular weight is 465 g/mol. The first kappa shape index (κ1) is 24.7. The summed E-state index contributed by atoms with van der Waals surface area (Å²) < 4.78 is 0. The van der Waals surface area contributed by atoms with Gasteiger partial charge in [-0.15, -0.1) is 0 Å². The van der Waals surface area contributed by atoms with Crippen molar-refractivity contribution in [1.29, 1.82) is 0 Å². The molecule has 0 spiro atoms. The summed E-state index contributed by atoms with van der Waals surface area (Å²) in [5.74, 6) is 0. The molecule has 4 rings (SSSR count). The Balaban J connectivity index is 2.09. The molecule has 0 radical (unpaired) electrons. The van der Waals surface area contributed by atoms with Crippen molar-refractivity contribution in [3.8, 4) is 22.3 Å². The van der Waals surface area contributed by atoms with Crippen molar-refractivity contribution < 1.29 is 0 Å². The van der Waals surface area contributed by atoms with Crippen LogP contribution in [-0.2, 0) is 0 Å². The van der Waals surface area contributed by atoms with E-state index in [0.29, 0.717) is 0 Å². The lowest BCUT2D eigenvalue weighted by atomic mass is 9.81. The first-order valence-electron chi connectivity index (χ1n) is 12.3. The maximum Gasteiger partial charge on any atom is -0.00204 e. The second kappa shape index (κ2) is 10.9. The molecule has 0 heteroatoms. The lowest BCUT2D eigenvalue weighted by Gasteiger charge is -2.22. The smallest absolute Gasteiger partial charge is 0.00204 e. The van der Waals surface area contributed by atoms with Crippen LogP contribution in [0.15, 0.2) is 112 Å². The van der Waals surface area contributed by atoms with Gasteiger partial charge in [-0.1, -0.05) is 143 Å². The van der Waals surface area contributed by atoms with E-state index in [1.165, 1.54) is 10.8 Å². The average Bonchev–Trinajstić information content (AvgIpc) is 2.94. The van der Waals surface area contributed by atoms with E-state index in [9.17, 15) is 0 Å². The molecular formula is C36H32. The summed E-state index contributed by atoms with van der Waals surface area (Å²) in [6, 6.07) is 23.6. The molecule has 0 N–H and O–H groups in total. The van der Waals surface area contributed by atoms with Gasteiger partial charge in [-0.25, -0.2) is 0 Å². The fourth-order valence-electron chi connectivity index (χ4n) is 5.08. The van der Waals surface area contributed by atoms with Crippen LogP contribution in [-0.4, -0.2) is 0 Å². The van der Waals surface area contributed by atoms with Crippen LogP contribution in [0, 0.1) is 0 Å². The minimum atomic E-state index is 0.970. The van der Waals surface area contributed by atoms with Gasteiger partial charge in [-0.05, 0) is 72.8 Å². The lowest BCUT2D eigenvalue weighted by molar-refractivity contribution is 1.23. The summed E-state index contributed by atoms with van der Waals surface area (Å²) in [6.45, 7) is 22.7. The first-order valence-corrected chi connectivity index (χ1v) is 12.3. The van der Waals surface area contributed by atoms with Crippen LogP contribution in [0.5, 0.6) is 0 Å². The normalized spacial score (nSPS) is 11.2. The Morgan fingerprint density at radius 1 is 0.639 bits per heavy atom. The highest BCUT2D eigenvalue weighted by Crippen LogP contribution is 2.44. The van der Waals surface area contributed by atoms with Crippen molar-refractivity contribution >= 4 is 40.6 Å². The number of hydrogen-bond acceptors (Lipinski definition) is 0. The van der Waals surface area contributed by atoms with Gasteiger partial charge in [0.1, 0.15) is 0 Å². The Morgan fingerprint density at radius 3 is 1.81 bits per heavy atom. The predicted molar refractivity (Wildman–Crippen MR) is 164 cm³/mol. The molecule has 4 aromatic rings. The topological polar surface area (TPSA) is 0 Å². The van der Waals surface area contributed by atoms with E-state index in [4.69, 9.17) is 0 Å². The molecular weight excluding hydrogens is 432 g/mol. The Bertz CT molecular complexity index is 1520. The quantitative estimate of drug-likeness (QED) is 0.216. The summed E-state index contributed by atoms with van der Waals surface area (Å²) in [4.78, 5) is 0. The van der Waals surface area contributed by atoms with Crippen molar-refractivity contribution in [3.05, 3.63) is 140 Å². The molecule has 4 aromatic carbocycles. The van der Waals surface area contributed by atoms with Crippen molar-refractivity contribution in [2.45, 2.75) is 13.3 Å². The van der Waals surface area contributed by atoms with Gasteiger partial charge in [-0.3, -0.25) is 0 Å². The molecule has 0 saturated heterocycles. The fourth-order valence-corrected chi connectivity index (χ4v) is 5.08. The van der Waals surface area contributed by atoms with E-state index in [2.05, 4.69) is 113 Å². The van der Waals surface area contributed by atoms with Gasteiger partial charge >= 0.3 is 0 Å². The molecule has 0 aliphatic rings. The van der Waals surface area contributed by atoms with Crippen molar-refractivity contribution in [2.24, 2.45) is 0 Å². The van der Waals surface area contributed by atoms with Crippen LogP contribution >= 0.6 is 0 Å². The zero-order valence-electron chi connectivity index (χ0n) is 21.1. The van der Waals surface area contributed by atoms with Crippen LogP contribution in [0.1, 0.15) is 41.2 Å². The third kappa shape index (κ3) is 4.23. The number of benzene rings is 4. The van der Waals surface area contributed by atoms with Gasteiger partial charge in [-0.2, -0.15) is 0 Å². The van der Waals surface area contributed by atoms with E-state index in [1.54, 1.807) is 0 Å². The summed E-state index contributed by atoms with van der Waals surface area (Å²) in [7, 11) is 0. The van der Waals surface area contributed by atoms with Crippen LogP contribution in [0.25, 0.3) is 62.9 Å². The maximum atomic E-state index is 4.22. The lowest BCUT2D eigenvalue weighted by Crippen LogP contribution is -1.98. The van der Waals surface area contributed by atoms with Gasteiger partial charge in [0.25, 0.3) is 0 Å².